The maximum absolute atomic E-state index is 10.9. The molecule has 0 heterocycles. The number of unbranched alkanes of at least 4 members (excludes halogenated alkanes) is 2. The van der Waals surface area contributed by atoms with E-state index in [2.05, 4.69) is 6.58 Å². The second kappa shape index (κ2) is 7.48. The molecule has 0 aromatic rings. The highest BCUT2D eigenvalue weighted by Gasteiger charge is 1.97. The van der Waals surface area contributed by atoms with Gasteiger partial charge in [0, 0.05) is 19.4 Å². The third kappa shape index (κ3) is 7.26. The number of carbonyl (C=O) groups is 1. The van der Waals surface area contributed by atoms with E-state index in [0.717, 1.165) is 19.3 Å². The molecule has 0 fully saturated rings. The predicted molar refractivity (Wildman–Crippen MR) is 45.4 cm³/mol. The molecule has 0 aliphatic heterocycles. The molecule has 0 amide bonds. The largest absolute Gasteiger partial charge is 0.396 e. The Morgan fingerprint density at radius 3 is 2.64 bits per heavy atom. The zero-order valence-corrected chi connectivity index (χ0v) is 6.88. The van der Waals surface area contributed by atoms with Gasteiger partial charge in [-0.25, -0.2) is 0 Å². The van der Waals surface area contributed by atoms with E-state index in [1.807, 2.05) is 0 Å². The van der Waals surface area contributed by atoms with Gasteiger partial charge in [-0.3, -0.25) is 4.79 Å². The number of aliphatic hydroxyl groups excluding tert-OH is 1. The lowest BCUT2D eigenvalue weighted by atomic mass is 10.1. The van der Waals surface area contributed by atoms with Gasteiger partial charge in [-0.05, 0) is 12.8 Å². The molecule has 64 valence electrons. The van der Waals surface area contributed by atoms with Crippen molar-refractivity contribution in [1.82, 2.24) is 0 Å². The van der Waals surface area contributed by atoms with E-state index in [1.165, 1.54) is 0 Å². The Balaban J connectivity index is 3.10. The maximum Gasteiger partial charge on any atom is 0.136 e. The highest BCUT2D eigenvalue weighted by molar-refractivity contribution is 5.79. The molecule has 11 heavy (non-hydrogen) atoms. The van der Waals surface area contributed by atoms with Crippen LogP contribution in [-0.2, 0) is 4.79 Å². The van der Waals surface area contributed by atoms with Gasteiger partial charge in [-0.2, -0.15) is 0 Å². The molecule has 0 spiro atoms. The van der Waals surface area contributed by atoms with E-state index < -0.39 is 0 Å². The number of hydrogen-bond acceptors (Lipinski definition) is 2. The smallest absolute Gasteiger partial charge is 0.136 e. The molecule has 0 saturated heterocycles. The van der Waals surface area contributed by atoms with Crippen LogP contribution in [0.5, 0.6) is 0 Å². The van der Waals surface area contributed by atoms with Gasteiger partial charge >= 0.3 is 0 Å². The Morgan fingerprint density at radius 1 is 1.36 bits per heavy atom. The number of Topliss-reactive ketones (excluding diaryl/α,β-unsaturated/α-hetero) is 1. The molecule has 0 aromatic heterocycles. The molecule has 0 aliphatic carbocycles. The minimum Gasteiger partial charge on any atom is -0.396 e. The molecular weight excluding hydrogens is 140 g/mol. The highest BCUT2D eigenvalue weighted by atomic mass is 16.2. The van der Waals surface area contributed by atoms with Crippen LogP contribution in [0.4, 0.5) is 0 Å². The van der Waals surface area contributed by atoms with Gasteiger partial charge in [0.1, 0.15) is 5.78 Å². The number of rotatable bonds is 7. The maximum atomic E-state index is 10.9. The van der Waals surface area contributed by atoms with Crippen molar-refractivity contribution in [3.05, 3.63) is 12.7 Å². The fourth-order valence-electron chi connectivity index (χ4n) is 0.874. The van der Waals surface area contributed by atoms with Crippen LogP contribution < -0.4 is 0 Å². The Bertz CT molecular complexity index is 119. The summed E-state index contributed by atoms with van der Waals surface area (Å²) < 4.78 is 0. The summed E-state index contributed by atoms with van der Waals surface area (Å²) in [4.78, 5) is 10.9. The zero-order valence-electron chi connectivity index (χ0n) is 6.88. The molecule has 0 radical (unpaired) electrons. The zero-order chi connectivity index (χ0) is 8.53. The lowest BCUT2D eigenvalue weighted by Crippen LogP contribution is -1.95. The Morgan fingerprint density at radius 2 is 2.09 bits per heavy atom. The first kappa shape index (κ1) is 10.4. The van der Waals surface area contributed by atoms with Crippen molar-refractivity contribution >= 4 is 5.78 Å². The number of aliphatic hydroxyl groups is 1. The topological polar surface area (TPSA) is 37.3 Å². The molecule has 0 aliphatic rings. The average molecular weight is 156 g/mol. The van der Waals surface area contributed by atoms with Crippen LogP contribution in [0, 0.1) is 0 Å². The number of hydrogen-bond donors (Lipinski definition) is 1. The first-order valence-corrected chi connectivity index (χ1v) is 4.04. The van der Waals surface area contributed by atoms with Crippen LogP contribution in [0.25, 0.3) is 0 Å². The molecule has 0 bridgehead atoms. The second-order valence-corrected chi connectivity index (χ2v) is 2.57. The van der Waals surface area contributed by atoms with Crippen molar-refractivity contribution in [3.63, 3.8) is 0 Å². The van der Waals surface area contributed by atoms with Crippen LogP contribution in [0.15, 0.2) is 12.7 Å². The Hall–Kier alpha value is -0.630. The summed E-state index contributed by atoms with van der Waals surface area (Å²) in [6, 6.07) is 0. The number of ketones is 1. The summed E-state index contributed by atoms with van der Waals surface area (Å²) >= 11 is 0. The van der Waals surface area contributed by atoms with Crippen molar-refractivity contribution in [2.75, 3.05) is 6.61 Å². The molecule has 2 nitrogen and oxygen atoms in total. The Labute approximate surface area is 67.9 Å². The lowest BCUT2D eigenvalue weighted by Gasteiger charge is -1.96. The molecule has 0 atom stereocenters. The van der Waals surface area contributed by atoms with Gasteiger partial charge in [0.2, 0.25) is 0 Å². The van der Waals surface area contributed by atoms with Crippen LogP contribution in [0.1, 0.15) is 32.1 Å². The first-order valence-electron chi connectivity index (χ1n) is 4.04. The van der Waals surface area contributed by atoms with E-state index in [9.17, 15) is 4.79 Å². The van der Waals surface area contributed by atoms with Crippen molar-refractivity contribution in [2.45, 2.75) is 32.1 Å². The van der Waals surface area contributed by atoms with E-state index in [0.29, 0.717) is 12.8 Å². The first-order chi connectivity index (χ1) is 5.31. The van der Waals surface area contributed by atoms with Gasteiger partial charge in [0.25, 0.3) is 0 Å². The summed E-state index contributed by atoms with van der Waals surface area (Å²) in [6.07, 6.45) is 5.40. The van der Waals surface area contributed by atoms with Crippen molar-refractivity contribution in [2.24, 2.45) is 0 Å². The third-order valence-corrected chi connectivity index (χ3v) is 1.49. The standard InChI is InChI=1S/C9H16O2/c1-2-6-9(11)7-4-3-5-8-10/h2,10H,1,3-8H2. The summed E-state index contributed by atoms with van der Waals surface area (Å²) in [6.45, 7) is 3.72. The normalized spacial score (nSPS) is 9.55. The van der Waals surface area contributed by atoms with E-state index in [-0.39, 0.29) is 12.4 Å². The summed E-state index contributed by atoms with van der Waals surface area (Å²) in [7, 11) is 0. The van der Waals surface area contributed by atoms with Crippen LogP contribution >= 0.6 is 0 Å². The van der Waals surface area contributed by atoms with Gasteiger partial charge < -0.3 is 5.11 Å². The molecule has 0 rings (SSSR count). The van der Waals surface area contributed by atoms with E-state index >= 15 is 0 Å². The second-order valence-electron chi connectivity index (χ2n) is 2.57. The van der Waals surface area contributed by atoms with Crippen molar-refractivity contribution in [3.8, 4) is 0 Å². The van der Waals surface area contributed by atoms with Crippen molar-refractivity contribution in [1.29, 1.82) is 0 Å². The van der Waals surface area contributed by atoms with Gasteiger partial charge in [0.05, 0.1) is 0 Å². The Kier molecular flexibility index (Phi) is 7.05. The monoisotopic (exact) mass is 156 g/mol. The van der Waals surface area contributed by atoms with Gasteiger partial charge in [-0.15, -0.1) is 6.58 Å². The minimum absolute atomic E-state index is 0.232. The number of allylic oxidation sites excluding steroid dienone is 1. The SMILES string of the molecule is C=CCC(=O)CCCCCO. The lowest BCUT2D eigenvalue weighted by molar-refractivity contribution is -0.118. The molecule has 0 saturated carbocycles. The van der Waals surface area contributed by atoms with Crippen molar-refractivity contribution < 1.29 is 9.90 Å². The highest BCUT2D eigenvalue weighted by Crippen LogP contribution is 2.01. The number of carbonyl (C=O) groups excluding carboxylic acids is 1. The van der Waals surface area contributed by atoms with Gasteiger partial charge in [-0.1, -0.05) is 12.5 Å². The van der Waals surface area contributed by atoms with E-state index in [1.54, 1.807) is 6.08 Å². The molecule has 0 unspecified atom stereocenters. The molecular formula is C9H16O2. The summed E-state index contributed by atoms with van der Waals surface area (Å²) in [5, 5.41) is 8.43. The molecule has 0 aromatic carbocycles. The van der Waals surface area contributed by atoms with Crippen LogP contribution in [0.3, 0.4) is 0 Å². The van der Waals surface area contributed by atoms with Gasteiger partial charge in [0.15, 0.2) is 0 Å². The fraction of sp³-hybridized carbons (Fsp3) is 0.667. The quantitative estimate of drug-likeness (QED) is 0.450. The predicted octanol–water partition coefficient (Wildman–Crippen LogP) is 1.68. The summed E-state index contributed by atoms with van der Waals surface area (Å²) in [5.41, 5.74) is 0. The molecule has 1 N–H and O–H groups in total. The van der Waals surface area contributed by atoms with Crippen LogP contribution in [0.2, 0.25) is 0 Å². The van der Waals surface area contributed by atoms with Crippen LogP contribution in [-0.4, -0.2) is 17.5 Å². The fourth-order valence-corrected chi connectivity index (χ4v) is 0.874. The van der Waals surface area contributed by atoms with E-state index in [4.69, 9.17) is 5.11 Å². The minimum atomic E-state index is 0.232. The third-order valence-electron chi connectivity index (χ3n) is 1.49. The average Bonchev–Trinajstić information content (AvgIpc) is 1.99. The summed E-state index contributed by atoms with van der Waals surface area (Å²) in [5.74, 6) is 0.248. The molecule has 2 heteroatoms.